The SMILES string of the molecule is COCCOCC(=O)N1CCOCC1C(=O)O. The van der Waals surface area contributed by atoms with Crippen molar-refractivity contribution in [1.82, 2.24) is 4.90 Å². The summed E-state index contributed by atoms with van der Waals surface area (Å²) in [5.41, 5.74) is 0. The minimum Gasteiger partial charge on any atom is -0.480 e. The summed E-state index contributed by atoms with van der Waals surface area (Å²) in [5, 5.41) is 8.93. The molecule has 0 spiro atoms. The first-order chi connectivity index (χ1) is 8.16. The molecule has 0 saturated carbocycles. The molecule has 17 heavy (non-hydrogen) atoms. The van der Waals surface area contributed by atoms with Crippen molar-refractivity contribution in [2.45, 2.75) is 6.04 Å². The molecule has 0 aromatic carbocycles. The standard InChI is InChI=1S/C10H17NO6/c1-15-4-5-17-7-9(12)11-2-3-16-6-8(11)10(13)14/h8H,2-7H2,1H3,(H,13,14). The smallest absolute Gasteiger partial charge is 0.328 e. The van der Waals surface area contributed by atoms with Crippen LogP contribution < -0.4 is 0 Å². The first-order valence-corrected chi connectivity index (χ1v) is 5.33. The number of morpholine rings is 1. The summed E-state index contributed by atoms with van der Waals surface area (Å²) < 4.78 is 14.9. The van der Waals surface area contributed by atoms with Crippen LogP contribution in [0.5, 0.6) is 0 Å². The topological polar surface area (TPSA) is 85.3 Å². The fourth-order valence-electron chi connectivity index (χ4n) is 1.49. The number of hydrogen-bond donors (Lipinski definition) is 1. The van der Waals surface area contributed by atoms with Crippen LogP contribution in [0.2, 0.25) is 0 Å². The fraction of sp³-hybridized carbons (Fsp3) is 0.800. The van der Waals surface area contributed by atoms with Crippen LogP contribution in [0, 0.1) is 0 Å². The van der Waals surface area contributed by atoms with Gasteiger partial charge in [-0.05, 0) is 0 Å². The molecule has 0 aromatic rings. The van der Waals surface area contributed by atoms with Gasteiger partial charge >= 0.3 is 5.97 Å². The monoisotopic (exact) mass is 247 g/mol. The highest BCUT2D eigenvalue weighted by atomic mass is 16.5. The Hall–Kier alpha value is -1.18. The lowest BCUT2D eigenvalue weighted by Gasteiger charge is -2.32. The van der Waals surface area contributed by atoms with Crippen LogP contribution in [-0.4, -0.2) is 74.6 Å². The van der Waals surface area contributed by atoms with Crippen molar-refractivity contribution in [2.24, 2.45) is 0 Å². The highest BCUT2D eigenvalue weighted by Gasteiger charge is 2.32. The third-order valence-corrected chi connectivity index (χ3v) is 2.39. The van der Waals surface area contributed by atoms with Crippen molar-refractivity contribution in [3.05, 3.63) is 0 Å². The first kappa shape index (κ1) is 13.9. The van der Waals surface area contributed by atoms with Crippen molar-refractivity contribution < 1.29 is 28.9 Å². The van der Waals surface area contributed by atoms with Crippen molar-refractivity contribution >= 4 is 11.9 Å². The average molecular weight is 247 g/mol. The average Bonchev–Trinajstić information content (AvgIpc) is 2.34. The molecule has 0 bridgehead atoms. The van der Waals surface area contributed by atoms with Crippen molar-refractivity contribution in [1.29, 1.82) is 0 Å². The van der Waals surface area contributed by atoms with Crippen LogP contribution in [0.3, 0.4) is 0 Å². The molecule has 0 aromatic heterocycles. The van der Waals surface area contributed by atoms with Gasteiger partial charge in [-0.1, -0.05) is 0 Å². The Labute approximate surface area is 99.2 Å². The van der Waals surface area contributed by atoms with E-state index in [-0.39, 0.29) is 25.7 Å². The summed E-state index contributed by atoms with van der Waals surface area (Å²) in [6.07, 6.45) is 0. The van der Waals surface area contributed by atoms with E-state index in [4.69, 9.17) is 19.3 Å². The molecule has 1 unspecified atom stereocenters. The number of nitrogens with zero attached hydrogens (tertiary/aromatic N) is 1. The van der Waals surface area contributed by atoms with Gasteiger partial charge in [0.2, 0.25) is 5.91 Å². The van der Waals surface area contributed by atoms with Gasteiger partial charge in [0, 0.05) is 13.7 Å². The van der Waals surface area contributed by atoms with Crippen molar-refractivity contribution in [2.75, 3.05) is 46.7 Å². The molecule has 1 heterocycles. The molecule has 1 aliphatic heterocycles. The third kappa shape index (κ3) is 4.29. The molecular formula is C10H17NO6. The number of carboxylic acids is 1. The number of rotatable bonds is 6. The Kier molecular flexibility index (Phi) is 5.88. The normalized spacial score (nSPS) is 20.3. The predicted molar refractivity (Wildman–Crippen MR) is 56.7 cm³/mol. The second kappa shape index (κ2) is 7.21. The molecule has 1 saturated heterocycles. The van der Waals surface area contributed by atoms with Crippen molar-refractivity contribution in [3.63, 3.8) is 0 Å². The maximum Gasteiger partial charge on any atom is 0.328 e. The van der Waals surface area contributed by atoms with E-state index in [1.165, 1.54) is 12.0 Å². The van der Waals surface area contributed by atoms with E-state index in [0.717, 1.165) is 0 Å². The molecule has 1 rings (SSSR count). The first-order valence-electron chi connectivity index (χ1n) is 5.33. The third-order valence-electron chi connectivity index (χ3n) is 2.39. The van der Waals surface area contributed by atoms with E-state index in [2.05, 4.69) is 0 Å². The summed E-state index contributed by atoms with van der Waals surface area (Å²) in [5.74, 6) is -1.40. The molecular weight excluding hydrogens is 230 g/mol. The van der Waals surface area contributed by atoms with E-state index in [0.29, 0.717) is 19.8 Å². The lowest BCUT2D eigenvalue weighted by molar-refractivity contribution is -0.160. The van der Waals surface area contributed by atoms with Gasteiger partial charge in [-0.15, -0.1) is 0 Å². The van der Waals surface area contributed by atoms with Crippen LogP contribution in [0.1, 0.15) is 0 Å². The minimum absolute atomic E-state index is 0.0269. The largest absolute Gasteiger partial charge is 0.480 e. The predicted octanol–water partition coefficient (Wildman–Crippen LogP) is -1.04. The summed E-state index contributed by atoms with van der Waals surface area (Å²) in [6, 6.07) is -0.915. The van der Waals surface area contributed by atoms with Crippen LogP contribution in [0.4, 0.5) is 0 Å². The number of amides is 1. The maximum atomic E-state index is 11.7. The number of hydrogen-bond acceptors (Lipinski definition) is 5. The molecule has 1 N–H and O–H groups in total. The van der Waals surface area contributed by atoms with Crippen LogP contribution in [-0.2, 0) is 23.8 Å². The Bertz CT molecular complexity index is 270. The molecule has 0 aliphatic carbocycles. The Morgan fingerprint density at radius 1 is 1.47 bits per heavy atom. The number of aliphatic carboxylic acids is 1. The van der Waals surface area contributed by atoms with Gasteiger partial charge in [0.05, 0.1) is 26.4 Å². The fourth-order valence-corrected chi connectivity index (χ4v) is 1.49. The van der Waals surface area contributed by atoms with Gasteiger partial charge in [0.25, 0.3) is 0 Å². The van der Waals surface area contributed by atoms with Crippen LogP contribution >= 0.6 is 0 Å². The van der Waals surface area contributed by atoms with Gasteiger partial charge in [-0.2, -0.15) is 0 Å². The van der Waals surface area contributed by atoms with E-state index in [1.54, 1.807) is 0 Å². The quantitative estimate of drug-likeness (QED) is 0.603. The number of carbonyl (C=O) groups excluding carboxylic acids is 1. The van der Waals surface area contributed by atoms with E-state index in [1.807, 2.05) is 0 Å². The number of methoxy groups -OCH3 is 1. The second-order valence-electron chi connectivity index (χ2n) is 3.56. The maximum absolute atomic E-state index is 11.7. The molecule has 7 nitrogen and oxygen atoms in total. The Morgan fingerprint density at radius 2 is 2.24 bits per heavy atom. The zero-order valence-corrected chi connectivity index (χ0v) is 9.76. The molecule has 1 atom stereocenters. The zero-order valence-electron chi connectivity index (χ0n) is 9.76. The van der Waals surface area contributed by atoms with E-state index < -0.39 is 12.0 Å². The van der Waals surface area contributed by atoms with Gasteiger partial charge < -0.3 is 24.2 Å². The van der Waals surface area contributed by atoms with Gasteiger partial charge in [-0.3, -0.25) is 4.79 Å². The molecule has 7 heteroatoms. The highest BCUT2D eigenvalue weighted by molar-refractivity contribution is 5.84. The molecule has 1 fully saturated rings. The van der Waals surface area contributed by atoms with Crippen LogP contribution in [0.25, 0.3) is 0 Å². The summed E-state index contributed by atoms with van der Waals surface area (Å²) in [6.45, 7) is 1.24. The minimum atomic E-state index is -1.06. The molecule has 1 amide bonds. The molecule has 1 aliphatic rings. The van der Waals surface area contributed by atoms with Gasteiger partial charge in [0.15, 0.2) is 6.04 Å². The molecule has 0 radical (unpaired) electrons. The number of carbonyl (C=O) groups is 2. The van der Waals surface area contributed by atoms with E-state index >= 15 is 0 Å². The number of ether oxygens (including phenoxy) is 3. The number of carboxylic acid groups (broad SMARTS) is 1. The van der Waals surface area contributed by atoms with Crippen molar-refractivity contribution in [3.8, 4) is 0 Å². The Balaban J connectivity index is 2.39. The van der Waals surface area contributed by atoms with Gasteiger partial charge in [-0.25, -0.2) is 4.79 Å². The summed E-state index contributed by atoms with van der Waals surface area (Å²) in [4.78, 5) is 23.9. The van der Waals surface area contributed by atoms with Gasteiger partial charge in [0.1, 0.15) is 6.61 Å². The lowest BCUT2D eigenvalue weighted by Crippen LogP contribution is -2.53. The second-order valence-corrected chi connectivity index (χ2v) is 3.56. The summed E-state index contributed by atoms with van der Waals surface area (Å²) >= 11 is 0. The lowest BCUT2D eigenvalue weighted by atomic mass is 10.2. The zero-order chi connectivity index (χ0) is 12.7. The molecule has 98 valence electrons. The van der Waals surface area contributed by atoms with E-state index in [9.17, 15) is 9.59 Å². The Morgan fingerprint density at radius 3 is 2.88 bits per heavy atom. The summed E-state index contributed by atoms with van der Waals surface area (Å²) in [7, 11) is 1.54. The highest BCUT2D eigenvalue weighted by Crippen LogP contribution is 2.07. The van der Waals surface area contributed by atoms with Crippen LogP contribution in [0.15, 0.2) is 0 Å².